The first-order valence-electron chi connectivity index (χ1n) is 7.66. The third-order valence-corrected chi connectivity index (χ3v) is 4.03. The summed E-state index contributed by atoms with van der Waals surface area (Å²) in [7, 11) is 0. The van der Waals surface area contributed by atoms with Crippen LogP contribution in [-0.4, -0.2) is 4.98 Å². The molecule has 140 valence electrons. The number of hydrogen-bond donors (Lipinski definition) is 1. The largest absolute Gasteiger partial charge is 0.416 e. The smallest absolute Gasteiger partial charge is 0.398 e. The van der Waals surface area contributed by atoms with Gasteiger partial charge in [-0.2, -0.15) is 26.3 Å². The van der Waals surface area contributed by atoms with E-state index >= 15 is 0 Å². The van der Waals surface area contributed by atoms with Gasteiger partial charge in [-0.3, -0.25) is 4.98 Å². The molecule has 0 aliphatic rings. The summed E-state index contributed by atoms with van der Waals surface area (Å²) in [5.41, 5.74) is 6.35. The second-order valence-corrected chi connectivity index (χ2v) is 5.80. The number of nitrogen functional groups attached to an aromatic ring is 1. The Labute approximate surface area is 150 Å². The Morgan fingerprint density at radius 2 is 0.926 bits per heavy atom. The first-order chi connectivity index (χ1) is 12.6. The predicted octanol–water partition coefficient (Wildman–Crippen LogP) is 6.04. The lowest BCUT2D eigenvalue weighted by Gasteiger charge is -2.13. The molecule has 0 saturated carbocycles. The molecule has 1 aromatic heterocycles. The Hall–Kier alpha value is -3.03. The minimum atomic E-state index is -4.45. The van der Waals surface area contributed by atoms with Gasteiger partial charge in [0.15, 0.2) is 0 Å². The van der Waals surface area contributed by atoms with Crippen LogP contribution in [0.15, 0.2) is 60.9 Å². The molecule has 0 amide bonds. The van der Waals surface area contributed by atoms with Gasteiger partial charge in [-0.1, -0.05) is 24.3 Å². The number of aromatic nitrogens is 1. The lowest BCUT2D eigenvalue weighted by atomic mass is 9.98. The van der Waals surface area contributed by atoms with E-state index in [4.69, 9.17) is 5.73 Å². The molecule has 0 unspecified atom stereocenters. The number of pyridine rings is 1. The highest BCUT2D eigenvalue weighted by Crippen LogP contribution is 2.37. The Bertz CT molecular complexity index is 866. The summed E-state index contributed by atoms with van der Waals surface area (Å²) in [4.78, 5) is 4.02. The molecule has 2 N–H and O–H groups in total. The van der Waals surface area contributed by atoms with Crippen molar-refractivity contribution in [2.45, 2.75) is 12.4 Å². The van der Waals surface area contributed by atoms with Crippen molar-refractivity contribution in [2.24, 2.45) is 0 Å². The van der Waals surface area contributed by atoms with Crippen LogP contribution in [0.2, 0.25) is 0 Å². The fourth-order valence-electron chi connectivity index (χ4n) is 2.61. The fourth-order valence-corrected chi connectivity index (χ4v) is 2.61. The van der Waals surface area contributed by atoms with Gasteiger partial charge in [0, 0.05) is 23.5 Å². The molecule has 1 heterocycles. The molecular weight excluding hydrogens is 370 g/mol. The van der Waals surface area contributed by atoms with Crippen molar-refractivity contribution in [3.05, 3.63) is 72.1 Å². The average Bonchev–Trinajstić information content (AvgIpc) is 2.61. The Balaban J connectivity index is 1.99. The maximum absolute atomic E-state index is 12.7. The van der Waals surface area contributed by atoms with Crippen LogP contribution in [0, 0.1) is 0 Å². The van der Waals surface area contributed by atoms with Crippen molar-refractivity contribution >= 4 is 5.69 Å². The number of nitrogens with zero attached hydrogens (tertiary/aromatic N) is 1. The van der Waals surface area contributed by atoms with Crippen LogP contribution in [0.25, 0.3) is 22.3 Å². The lowest BCUT2D eigenvalue weighted by molar-refractivity contribution is -0.138. The quantitative estimate of drug-likeness (QED) is 0.549. The zero-order chi connectivity index (χ0) is 19.8. The van der Waals surface area contributed by atoms with Crippen molar-refractivity contribution in [2.75, 3.05) is 5.73 Å². The second kappa shape index (κ2) is 6.61. The number of nitrogens with two attached hydrogens (primary N) is 1. The van der Waals surface area contributed by atoms with Crippen LogP contribution in [-0.2, 0) is 12.4 Å². The minimum Gasteiger partial charge on any atom is -0.398 e. The normalized spacial score (nSPS) is 12.2. The van der Waals surface area contributed by atoms with Gasteiger partial charge in [0.05, 0.1) is 16.8 Å². The number of rotatable bonds is 2. The molecule has 2 aromatic carbocycles. The molecule has 0 bridgehead atoms. The van der Waals surface area contributed by atoms with E-state index in [0.29, 0.717) is 22.3 Å². The summed E-state index contributed by atoms with van der Waals surface area (Å²) >= 11 is 0. The molecular formula is C19H12F6N2. The van der Waals surface area contributed by atoms with E-state index in [1.165, 1.54) is 36.7 Å². The lowest BCUT2D eigenvalue weighted by Crippen LogP contribution is -2.04. The molecule has 0 atom stereocenters. The summed E-state index contributed by atoms with van der Waals surface area (Å²) < 4.78 is 76.1. The Morgan fingerprint density at radius 1 is 0.593 bits per heavy atom. The molecule has 2 nitrogen and oxygen atoms in total. The molecule has 3 rings (SSSR count). The zero-order valence-corrected chi connectivity index (χ0v) is 13.6. The summed E-state index contributed by atoms with van der Waals surface area (Å²) in [6.45, 7) is 0. The van der Waals surface area contributed by atoms with E-state index < -0.39 is 23.5 Å². The third-order valence-electron chi connectivity index (χ3n) is 4.03. The summed E-state index contributed by atoms with van der Waals surface area (Å²) in [6.07, 6.45) is -6.12. The van der Waals surface area contributed by atoms with Crippen LogP contribution in [0.5, 0.6) is 0 Å². The van der Waals surface area contributed by atoms with E-state index in [1.807, 2.05) is 0 Å². The molecule has 0 aliphatic carbocycles. The van der Waals surface area contributed by atoms with E-state index in [0.717, 1.165) is 24.3 Å². The average molecular weight is 382 g/mol. The second-order valence-electron chi connectivity index (χ2n) is 5.80. The highest BCUT2D eigenvalue weighted by molar-refractivity contribution is 5.87. The number of anilines is 1. The number of alkyl halides is 6. The van der Waals surface area contributed by atoms with Crippen molar-refractivity contribution in [3.8, 4) is 22.3 Å². The van der Waals surface area contributed by atoms with Gasteiger partial charge in [0.25, 0.3) is 0 Å². The molecule has 27 heavy (non-hydrogen) atoms. The Kier molecular flexibility index (Phi) is 4.59. The van der Waals surface area contributed by atoms with Gasteiger partial charge in [-0.05, 0) is 35.4 Å². The predicted molar refractivity (Wildman–Crippen MR) is 89.5 cm³/mol. The highest BCUT2D eigenvalue weighted by atomic mass is 19.4. The van der Waals surface area contributed by atoms with Gasteiger partial charge in [0.2, 0.25) is 0 Å². The molecule has 8 heteroatoms. The number of hydrogen-bond acceptors (Lipinski definition) is 2. The fraction of sp³-hybridized carbons (Fsp3) is 0.105. The topological polar surface area (TPSA) is 38.9 Å². The van der Waals surface area contributed by atoms with Gasteiger partial charge >= 0.3 is 12.4 Å². The van der Waals surface area contributed by atoms with Crippen molar-refractivity contribution in [3.63, 3.8) is 0 Å². The van der Waals surface area contributed by atoms with Crippen molar-refractivity contribution in [1.29, 1.82) is 0 Å². The molecule has 0 aliphatic heterocycles. The van der Waals surface area contributed by atoms with Gasteiger partial charge in [-0.25, -0.2) is 0 Å². The first-order valence-corrected chi connectivity index (χ1v) is 7.66. The summed E-state index contributed by atoms with van der Waals surface area (Å²) in [6, 6.07) is 8.80. The van der Waals surface area contributed by atoms with Crippen LogP contribution >= 0.6 is 0 Å². The maximum atomic E-state index is 12.7. The van der Waals surface area contributed by atoms with Gasteiger partial charge in [-0.15, -0.1) is 0 Å². The minimum absolute atomic E-state index is 0.213. The van der Waals surface area contributed by atoms with Crippen LogP contribution in [0.1, 0.15) is 11.1 Å². The Morgan fingerprint density at radius 3 is 1.22 bits per heavy atom. The monoisotopic (exact) mass is 382 g/mol. The van der Waals surface area contributed by atoms with E-state index in [9.17, 15) is 26.3 Å². The standard InChI is InChI=1S/C19H12F6N2/c20-18(21,22)13-5-1-11(2-6-13)15-9-27-10-16(17(15)26)12-3-7-14(8-4-12)19(23,24)25/h1-10H,(H2,26,27). The first kappa shape index (κ1) is 18.8. The van der Waals surface area contributed by atoms with Gasteiger partial charge < -0.3 is 5.73 Å². The molecule has 0 radical (unpaired) electrons. The summed E-state index contributed by atoms with van der Waals surface area (Å²) in [5, 5.41) is 0. The molecule has 0 saturated heterocycles. The highest BCUT2D eigenvalue weighted by Gasteiger charge is 2.31. The number of benzene rings is 2. The van der Waals surface area contributed by atoms with E-state index in [-0.39, 0.29) is 5.69 Å². The van der Waals surface area contributed by atoms with Crippen molar-refractivity contribution in [1.82, 2.24) is 4.98 Å². The summed E-state index contributed by atoms with van der Waals surface area (Å²) in [5.74, 6) is 0. The molecule has 0 spiro atoms. The van der Waals surface area contributed by atoms with E-state index in [1.54, 1.807) is 0 Å². The van der Waals surface area contributed by atoms with Gasteiger partial charge in [0.1, 0.15) is 0 Å². The third kappa shape index (κ3) is 3.89. The van der Waals surface area contributed by atoms with E-state index in [2.05, 4.69) is 4.98 Å². The SMILES string of the molecule is Nc1c(-c2ccc(C(F)(F)F)cc2)cncc1-c1ccc(C(F)(F)F)cc1. The van der Waals surface area contributed by atoms with Crippen molar-refractivity contribution < 1.29 is 26.3 Å². The zero-order valence-electron chi connectivity index (χ0n) is 13.6. The molecule has 0 fully saturated rings. The van der Waals surface area contributed by atoms with Crippen LogP contribution < -0.4 is 5.73 Å². The maximum Gasteiger partial charge on any atom is 0.416 e. The molecule has 3 aromatic rings. The number of halogens is 6. The van der Waals surface area contributed by atoms with Crippen LogP contribution in [0.4, 0.5) is 32.0 Å². The van der Waals surface area contributed by atoms with Crippen LogP contribution in [0.3, 0.4) is 0 Å².